The van der Waals surface area contributed by atoms with Gasteiger partial charge in [-0.1, -0.05) is 34.6 Å². The summed E-state index contributed by atoms with van der Waals surface area (Å²) >= 11 is 0. The zero-order valence-electron chi connectivity index (χ0n) is 24.8. The number of nitrogens with zero attached hydrogens (tertiary/aromatic N) is 3. The molecule has 3 aromatic rings. The summed E-state index contributed by atoms with van der Waals surface area (Å²) in [6, 6.07) is 18.7. The Morgan fingerprint density at radius 2 is 1.71 bits per heavy atom. The number of ether oxygens (including phenoxy) is 1. The highest BCUT2D eigenvalue weighted by Gasteiger charge is 2.42. The molecule has 2 aromatic carbocycles. The summed E-state index contributed by atoms with van der Waals surface area (Å²) < 4.78 is 5.95. The maximum Gasteiger partial charge on any atom is 0.255 e. The third kappa shape index (κ3) is 6.36. The molecule has 4 rings (SSSR count). The van der Waals surface area contributed by atoms with Crippen molar-refractivity contribution in [3.05, 3.63) is 113 Å². The van der Waals surface area contributed by atoms with Crippen LogP contribution in [0.1, 0.15) is 74.5 Å². The molecule has 216 valence electrons. The topological polar surface area (TPSA) is 121 Å². The number of hydrogen-bond acceptors (Lipinski definition) is 6. The SMILES string of the molecule is CCC1(CC)C(C(N)=O)=CC(NC(=O)c2cc(C#N)cc(C(C)(C)C)c2)=CN1c1ccc(OCc2ccncc2)cc1. The first kappa shape index (κ1) is 30.1. The normalized spacial score (nSPS) is 14.3. The molecule has 1 aromatic heterocycles. The minimum atomic E-state index is -0.709. The predicted molar refractivity (Wildman–Crippen MR) is 163 cm³/mol. The van der Waals surface area contributed by atoms with E-state index < -0.39 is 11.4 Å². The fourth-order valence-corrected chi connectivity index (χ4v) is 5.19. The Kier molecular flexibility index (Phi) is 8.82. The van der Waals surface area contributed by atoms with Gasteiger partial charge in [0, 0.05) is 35.4 Å². The first-order valence-electron chi connectivity index (χ1n) is 14.0. The zero-order valence-corrected chi connectivity index (χ0v) is 24.8. The Bertz CT molecular complexity index is 1560. The van der Waals surface area contributed by atoms with Crippen molar-refractivity contribution in [2.45, 2.75) is 65.0 Å². The smallest absolute Gasteiger partial charge is 0.255 e. The monoisotopic (exact) mass is 563 g/mol. The van der Waals surface area contributed by atoms with Crippen molar-refractivity contribution < 1.29 is 14.3 Å². The van der Waals surface area contributed by atoms with E-state index in [0.717, 1.165) is 16.8 Å². The summed E-state index contributed by atoms with van der Waals surface area (Å²) in [7, 11) is 0. The third-order valence-corrected chi connectivity index (χ3v) is 7.68. The van der Waals surface area contributed by atoms with Crippen LogP contribution in [0.5, 0.6) is 5.75 Å². The van der Waals surface area contributed by atoms with Crippen LogP contribution in [0, 0.1) is 11.3 Å². The molecule has 0 bridgehead atoms. The van der Waals surface area contributed by atoms with Crippen molar-refractivity contribution >= 4 is 17.5 Å². The molecule has 1 aliphatic heterocycles. The van der Waals surface area contributed by atoms with Crippen molar-refractivity contribution in [1.82, 2.24) is 10.3 Å². The van der Waals surface area contributed by atoms with Crippen LogP contribution in [-0.4, -0.2) is 22.3 Å². The van der Waals surface area contributed by atoms with Gasteiger partial charge in [-0.25, -0.2) is 0 Å². The second kappa shape index (κ2) is 12.3. The van der Waals surface area contributed by atoms with E-state index in [1.807, 2.05) is 82.1 Å². The number of nitrogens with two attached hydrogens (primary N) is 1. The number of pyridine rings is 1. The van der Waals surface area contributed by atoms with Crippen LogP contribution in [0.15, 0.2) is 90.5 Å². The van der Waals surface area contributed by atoms with Gasteiger partial charge >= 0.3 is 0 Å². The number of amides is 2. The average molecular weight is 564 g/mol. The Balaban J connectivity index is 1.68. The molecule has 0 saturated carbocycles. The number of anilines is 1. The Labute approximate surface area is 247 Å². The number of carbonyl (C=O) groups is 2. The first-order valence-corrected chi connectivity index (χ1v) is 14.0. The molecular weight excluding hydrogens is 526 g/mol. The third-order valence-electron chi connectivity index (χ3n) is 7.68. The lowest BCUT2D eigenvalue weighted by Gasteiger charge is -2.46. The van der Waals surface area contributed by atoms with Gasteiger partial charge in [0.05, 0.1) is 22.9 Å². The molecule has 2 heterocycles. The predicted octanol–water partition coefficient (Wildman–Crippen LogP) is 5.89. The standard InChI is InChI=1S/C34H37N5O3/c1-6-34(7-2)30(31(36)40)19-27(38-32(41)25-16-24(20-35)17-26(18-25)33(3,4)5)21-39(34)28-8-10-29(11-9-28)42-22-23-12-14-37-15-13-23/h8-19,21H,6-7,22H2,1-5H3,(H2,36,40)(H,38,41). The Morgan fingerprint density at radius 1 is 1.05 bits per heavy atom. The van der Waals surface area contributed by atoms with Crippen LogP contribution in [0.25, 0.3) is 0 Å². The molecule has 0 aliphatic carbocycles. The summed E-state index contributed by atoms with van der Waals surface area (Å²) in [6.45, 7) is 10.5. The lowest BCUT2D eigenvalue weighted by molar-refractivity contribution is -0.115. The largest absolute Gasteiger partial charge is 0.489 e. The fourth-order valence-electron chi connectivity index (χ4n) is 5.19. The molecule has 3 N–H and O–H groups in total. The molecule has 0 radical (unpaired) electrons. The lowest BCUT2D eigenvalue weighted by Crippen LogP contribution is -2.52. The first-order chi connectivity index (χ1) is 20.0. The number of primary amides is 1. The number of nitrogens with one attached hydrogen (secondary N) is 1. The van der Waals surface area contributed by atoms with E-state index in [1.54, 1.807) is 36.7 Å². The number of carbonyl (C=O) groups excluding carboxylic acids is 2. The van der Waals surface area contributed by atoms with Crippen molar-refractivity contribution in [1.29, 1.82) is 5.26 Å². The van der Waals surface area contributed by atoms with E-state index in [0.29, 0.717) is 47.6 Å². The maximum absolute atomic E-state index is 13.5. The van der Waals surface area contributed by atoms with Gasteiger partial charge in [0.1, 0.15) is 12.4 Å². The van der Waals surface area contributed by atoms with Gasteiger partial charge in [-0.3, -0.25) is 14.6 Å². The van der Waals surface area contributed by atoms with Crippen LogP contribution in [0.2, 0.25) is 0 Å². The quantitative estimate of drug-likeness (QED) is 0.335. The molecule has 0 spiro atoms. The zero-order chi connectivity index (χ0) is 30.5. The van der Waals surface area contributed by atoms with Crippen molar-refractivity contribution in [2.24, 2.45) is 5.73 Å². The molecule has 0 unspecified atom stereocenters. The highest BCUT2D eigenvalue weighted by molar-refractivity contribution is 5.99. The van der Waals surface area contributed by atoms with E-state index >= 15 is 0 Å². The second-order valence-corrected chi connectivity index (χ2v) is 11.4. The number of benzene rings is 2. The van der Waals surface area contributed by atoms with Gasteiger partial charge in [-0.05, 0) is 90.1 Å². The van der Waals surface area contributed by atoms with E-state index in [1.165, 1.54) is 0 Å². The van der Waals surface area contributed by atoms with Crippen molar-refractivity contribution in [2.75, 3.05) is 4.90 Å². The van der Waals surface area contributed by atoms with Gasteiger partial charge in [0.15, 0.2) is 0 Å². The van der Waals surface area contributed by atoms with Gasteiger partial charge in [0.2, 0.25) is 5.91 Å². The van der Waals surface area contributed by atoms with Crippen LogP contribution in [0.3, 0.4) is 0 Å². The summed E-state index contributed by atoms with van der Waals surface area (Å²) in [5, 5.41) is 12.5. The van der Waals surface area contributed by atoms with Crippen LogP contribution >= 0.6 is 0 Å². The van der Waals surface area contributed by atoms with Gasteiger partial charge < -0.3 is 20.7 Å². The van der Waals surface area contributed by atoms with E-state index in [2.05, 4.69) is 16.4 Å². The second-order valence-electron chi connectivity index (χ2n) is 11.4. The molecule has 42 heavy (non-hydrogen) atoms. The number of rotatable bonds is 9. The van der Waals surface area contributed by atoms with E-state index in [9.17, 15) is 14.9 Å². The van der Waals surface area contributed by atoms with Gasteiger partial charge in [-0.2, -0.15) is 5.26 Å². The fraction of sp³-hybridized carbons (Fsp3) is 0.294. The lowest BCUT2D eigenvalue weighted by atomic mass is 9.79. The highest BCUT2D eigenvalue weighted by atomic mass is 16.5. The van der Waals surface area contributed by atoms with Crippen molar-refractivity contribution in [3.8, 4) is 11.8 Å². The van der Waals surface area contributed by atoms with Gasteiger partial charge in [-0.15, -0.1) is 0 Å². The van der Waals surface area contributed by atoms with E-state index in [-0.39, 0.29) is 11.3 Å². The van der Waals surface area contributed by atoms with Crippen LogP contribution in [-0.2, 0) is 16.8 Å². The molecular formula is C34H37N5O3. The van der Waals surface area contributed by atoms with Crippen molar-refractivity contribution in [3.63, 3.8) is 0 Å². The Morgan fingerprint density at radius 3 is 2.29 bits per heavy atom. The molecule has 0 atom stereocenters. The maximum atomic E-state index is 13.5. The minimum Gasteiger partial charge on any atom is -0.489 e. The molecule has 8 heteroatoms. The molecule has 2 amide bonds. The minimum absolute atomic E-state index is 0.252. The number of aromatic nitrogens is 1. The summed E-state index contributed by atoms with van der Waals surface area (Å²) in [5.41, 5.74) is 9.26. The average Bonchev–Trinajstić information content (AvgIpc) is 2.99. The van der Waals surface area contributed by atoms with E-state index in [4.69, 9.17) is 10.5 Å². The van der Waals surface area contributed by atoms with Crippen LogP contribution < -0.4 is 20.7 Å². The molecule has 8 nitrogen and oxygen atoms in total. The molecule has 0 fully saturated rings. The molecule has 0 saturated heterocycles. The summed E-state index contributed by atoms with van der Waals surface area (Å²) in [5.74, 6) is -0.243. The highest BCUT2D eigenvalue weighted by Crippen LogP contribution is 2.40. The molecule has 1 aliphatic rings. The number of nitriles is 1. The number of hydrogen-bond donors (Lipinski definition) is 2. The Hall–Kier alpha value is -4.90. The summed E-state index contributed by atoms with van der Waals surface area (Å²) in [4.78, 5) is 32.3. The van der Waals surface area contributed by atoms with Crippen LogP contribution in [0.4, 0.5) is 5.69 Å². The number of allylic oxidation sites excluding steroid dienone is 1. The van der Waals surface area contributed by atoms with Gasteiger partial charge in [0.25, 0.3) is 5.91 Å². The summed E-state index contributed by atoms with van der Waals surface area (Å²) in [6.07, 6.45) is 8.16.